The molecule has 0 amide bonds. The number of carbonyl (C=O) groups is 1. The fourth-order valence-corrected chi connectivity index (χ4v) is 2.70. The maximum atomic E-state index is 12.2. The van der Waals surface area contributed by atoms with Gasteiger partial charge in [0.1, 0.15) is 0 Å². The molecule has 17 heavy (non-hydrogen) atoms. The minimum absolute atomic E-state index is 0.214. The molecule has 1 nitrogen and oxygen atoms in total. The summed E-state index contributed by atoms with van der Waals surface area (Å²) in [7, 11) is 0. The highest BCUT2D eigenvalue weighted by atomic mass is 79.9. The van der Waals surface area contributed by atoms with E-state index in [9.17, 15) is 4.79 Å². The quantitative estimate of drug-likeness (QED) is 0.720. The molecular weight excluding hydrogens is 276 g/mol. The molecule has 0 radical (unpaired) electrons. The summed E-state index contributed by atoms with van der Waals surface area (Å²) in [6, 6.07) is 14.2. The van der Waals surface area contributed by atoms with Gasteiger partial charge in [-0.3, -0.25) is 4.79 Å². The first-order valence-electron chi connectivity index (χ1n) is 5.62. The van der Waals surface area contributed by atoms with Crippen molar-refractivity contribution in [3.05, 3.63) is 69.2 Å². The fourth-order valence-electron chi connectivity index (χ4n) is 2.34. The summed E-state index contributed by atoms with van der Waals surface area (Å²) in [6.45, 7) is 0. The molecule has 0 heterocycles. The lowest BCUT2D eigenvalue weighted by atomic mass is 10.0. The molecule has 0 spiro atoms. The molecule has 0 atom stereocenters. The van der Waals surface area contributed by atoms with E-state index in [1.165, 1.54) is 5.56 Å². The predicted octanol–water partition coefficient (Wildman–Crippen LogP) is 3.78. The molecule has 0 N–H and O–H groups in total. The molecule has 3 rings (SSSR count). The summed E-state index contributed by atoms with van der Waals surface area (Å²) in [6.07, 6.45) is 1.37. The summed E-state index contributed by atoms with van der Waals surface area (Å²) in [5.74, 6) is 0.214. The van der Waals surface area contributed by atoms with Crippen LogP contribution in [-0.4, -0.2) is 5.78 Å². The van der Waals surface area contributed by atoms with Gasteiger partial charge in [-0.15, -0.1) is 0 Å². The SMILES string of the molecule is O=C1Cc2ccccc2Cc2ccc(Br)cc21. The predicted molar refractivity (Wildman–Crippen MR) is 71.4 cm³/mol. The Morgan fingerprint density at radius 3 is 2.35 bits per heavy atom. The smallest absolute Gasteiger partial charge is 0.167 e. The summed E-state index contributed by atoms with van der Waals surface area (Å²) in [5.41, 5.74) is 4.41. The van der Waals surface area contributed by atoms with Crippen molar-refractivity contribution in [2.75, 3.05) is 0 Å². The number of hydrogen-bond donors (Lipinski definition) is 0. The number of fused-ring (bicyclic) bond motifs is 2. The number of halogens is 1. The third-order valence-corrected chi connectivity index (χ3v) is 3.72. The standard InChI is InChI=1S/C15H11BrO/c16-13-6-5-12-7-10-3-1-2-4-11(10)8-15(17)14(12)9-13/h1-6,9H,7-8H2. The molecule has 84 valence electrons. The van der Waals surface area contributed by atoms with E-state index in [2.05, 4.69) is 22.0 Å². The van der Waals surface area contributed by atoms with Crippen LogP contribution in [0, 0.1) is 0 Å². The number of hydrogen-bond acceptors (Lipinski definition) is 1. The maximum absolute atomic E-state index is 12.2. The van der Waals surface area contributed by atoms with Gasteiger partial charge in [0.15, 0.2) is 5.78 Å². The Hall–Kier alpha value is -1.41. The van der Waals surface area contributed by atoms with E-state index >= 15 is 0 Å². The third kappa shape index (κ3) is 1.93. The summed E-state index contributed by atoms with van der Waals surface area (Å²) >= 11 is 3.43. The highest BCUT2D eigenvalue weighted by Gasteiger charge is 2.19. The number of carbonyl (C=O) groups excluding carboxylic acids is 1. The Morgan fingerprint density at radius 2 is 1.59 bits per heavy atom. The zero-order chi connectivity index (χ0) is 11.8. The number of benzene rings is 2. The van der Waals surface area contributed by atoms with Crippen molar-refractivity contribution < 1.29 is 4.79 Å². The van der Waals surface area contributed by atoms with Crippen LogP contribution in [0.2, 0.25) is 0 Å². The van der Waals surface area contributed by atoms with Crippen LogP contribution in [0.1, 0.15) is 27.0 Å². The van der Waals surface area contributed by atoms with E-state index < -0.39 is 0 Å². The first-order chi connectivity index (χ1) is 8.24. The topological polar surface area (TPSA) is 17.1 Å². The zero-order valence-electron chi connectivity index (χ0n) is 9.24. The zero-order valence-corrected chi connectivity index (χ0v) is 10.8. The normalized spacial score (nSPS) is 13.8. The summed E-state index contributed by atoms with van der Waals surface area (Å²) < 4.78 is 0.968. The van der Waals surface area contributed by atoms with Gasteiger partial charge in [-0.2, -0.15) is 0 Å². The van der Waals surface area contributed by atoms with E-state index in [1.54, 1.807) is 0 Å². The molecule has 2 aromatic carbocycles. The van der Waals surface area contributed by atoms with E-state index in [4.69, 9.17) is 0 Å². The van der Waals surface area contributed by atoms with Gasteiger partial charge < -0.3 is 0 Å². The van der Waals surface area contributed by atoms with Gasteiger partial charge in [-0.05, 0) is 35.2 Å². The van der Waals surface area contributed by atoms with E-state index in [-0.39, 0.29) is 5.78 Å². The minimum atomic E-state index is 0.214. The van der Waals surface area contributed by atoms with Crippen molar-refractivity contribution in [2.24, 2.45) is 0 Å². The Kier molecular flexibility index (Phi) is 2.60. The van der Waals surface area contributed by atoms with Gasteiger partial charge in [-0.1, -0.05) is 46.3 Å². The number of rotatable bonds is 0. The van der Waals surface area contributed by atoms with E-state index in [0.29, 0.717) is 6.42 Å². The van der Waals surface area contributed by atoms with Crippen LogP contribution >= 0.6 is 15.9 Å². The van der Waals surface area contributed by atoms with Crippen LogP contribution in [0.3, 0.4) is 0 Å². The van der Waals surface area contributed by atoms with Crippen molar-refractivity contribution in [1.29, 1.82) is 0 Å². The van der Waals surface area contributed by atoms with Crippen LogP contribution in [0.5, 0.6) is 0 Å². The lowest BCUT2D eigenvalue weighted by molar-refractivity contribution is 0.0993. The molecule has 0 saturated heterocycles. The van der Waals surface area contributed by atoms with Gasteiger partial charge in [0, 0.05) is 16.5 Å². The molecule has 0 fully saturated rings. The monoisotopic (exact) mass is 286 g/mol. The second kappa shape index (κ2) is 4.11. The first-order valence-corrected chi connectivity index (χ1v) is 6.42. The van der Waals surface area contributed by atoms with Gasteiger partial charge >= 0.3 is 0 Å². The molecule has 2 aromatic rings. The Bertz CT molecular complexity index is 602. The number of Topliss-reactive ketones (excluding diaryl/α,β-unsaturated/α-hetero) is 1. The molecule has 0 bridgehead atoms. The Morgan fingerprint density at radius 1 is 0.882 bits per heavy atom. The van der Waals surface area contributed by atoms with Crippen molar-refractivity contribution in [3.8, 4) is 0 Å². The largest absolute Gasteiger partial charge is 0.294 e. The fraction of sp³-hybridized carbons (Fsp3) is 0.133. The third-order valence-electron chi connectivity index (χ3n) is 3.22. The highest BCUT2D eigenvalue weighted by molar-refractivity contribution is 9.10. The Labute approximate surface area is 109 Å². The molecule has 2 heteroatoms. The summed E-state index contributed by atoms with van der Waals surface area (Å²) in [4.78, 5) is 12.2. The second-order valence-corrected chi connectivity index (χ2v) is 5.26. The number of ketones is 1. The molecule has 0 unspecified atom stereocenters. The first kappa shape index (κ1) is 10.7. The van der Waals surface area contributed by atoms with Crippen LogP contribution in [-0.2, 0) is 12.8 Å². The maximum Gasteiger partial charge on any atom is 0.167 e. The highest BCUT2D eigenvalue weighted by Crippen LogP contribution is 2.26. The summed E-state index contributed by atoms with van der Waals surface area (Å²) in [5, 5.41) is 0. The van der Waals surface area contributed by atoms with E-state index in [1.807, 2.05) is 36.4 Å². The van der Waals surface area contributed by atoms with Gasteiger partial charge in [-0.25, -0.2) is 0 Å². The van der Waals surface area contributed by atoms with Gasteiger partial charge in [0.2, 0.25) is 0 Å². The van der Waals surface area contributed by atoms with Gasteiger partial charge in [0.25, 0.3) is 0 Å². The average molecular weight is 287 g/mol. The van der Waals surface area contributed by atoms with Crippen molar-refractivity contribution in [3.63, 3.8) is 0 Å². The van der Waals surface area contributed by atoms with E-state index in [0.717, 1.165) is 27.6 Å². The second-order valence-electron chi connectivity index (χ2n) is 4.35. The molecular formula is C15H11BrO. The average Bonchev–Trinajstić information content (AvgIpc) is 2.46. The molecule has 0 aliphatic heterocycles. The van der Waals surface area contributed by atoms with Crippen molar-refractivity contribution >= 4 is 21.7 Å². The lowest BCUT2D eigenvalue weighted by Crippen LogP contribution is -2.03. The van der Waals surface area contributed by atoms with Crippen LogP contribution in [0.4, 0.5) is 0 Å². The Balaban J connectivity index is 2.17. The molecule has 0 saturated carbocycles. The van der Waals surface area contributed by atoms with Crippen molar-refractivity contribution in [1.82, 2.24) is 0 Å². The molecule has 1 aliphatic carbocycles. The van der Waals surface area contributed by atoms with Crippen LogP contribution in [0.15, 0.2) is 46.9 Å². The van der Waals surface area contributed by atoms with Crippen molar-refractivity contribution in [2.45, 2.75) is 12.8 Å². The lowest BCUT2D eigenvalue weighted by Gasteiger charge is -2.05. The van der Waals surface area contributed by atoms with Gasteiger partial charge in [0.05, 0.1) is 0 Å². The molecule has 1 aliphatic rings. The van der Waals surface area contributed by atoms with Crippen LogP contribution in [0.25, 0.3) is 0 Å². The minimum Gasteiger partial charge on any atom is -0.294 e. The van der Waals surface area contributed by atoms with Crippen LogP contribution < -0.4 is 0 Å². The molecule has 0 aromatic heterocycles.